The maximum atomic E-state index is 12.9. The molecule has 3 aromatic rings. The van der Waals surface area contributed by atoms with Gasteiger partial charge in [-0.2, -0.15) is 0 Å². The first-order chi connectivity index (χ1) is 14.2. The summed E-state index contributed by atoms with van der Waals surface area (Å²) in [6.45, 7) is 6.51. The maximum Gasteiger partial charge on any atom is 0.234 e. The zero-order valence-electron chi connectivity index (χ0n) is 17.2. The van der Waals surface area contributed by atoms with Crippen LogP contribution in [0.1, 0.15) is 42.3 Å². The molecule has 3 nitrogen and oxygen atoms in total. The van der Waals surface area contributed by atoms with Crippen molar-refractivity contribution in [3.05, 3.63) is 94.5 Å². The number of anilines is 1. The highest BCUT2D eigenvalue weighted by Gasteiger charge is 2.17. The topological polar surface area (TPSA) is 46.2 Å². The molecule has 0 radical (unpaired) electrons. The van der Waals surface area contributed by atoms with E-state index in [-0.39, 0.29) is 22.9 Å². The van der Waals surface area contributed by atoms with Gasteiger partial charge in [0.1, 0.15) is 0 Å². The number of carbonyl (C=O) groups excluding carboxylic acids is 2. The fourth-order valence-electron chi connectivity index (χ4n) is 2.94. The van der Waals surface area contributed by atoms with Crippen LogP contribution in [0.2, 0.25) is 5.02 Å². The zero-order valence-corrected chi connectivity index (χ0v) is 18.8. The van der Waals surface area contributed by atoms with Crippen LogP contribution in [-0.2, 0) is 10.2 Å². The number of nitrogens with one attached hydrogen (secondary N) is 1. The number of amides is 1. The standard InChI is InChI=1S/C25H24ClNO2S/c1-25(2,3)18-9-12-20(13-10-18)30-16-23(28)27-22-14-11-19(26)15-21(22)24(29)17-7-5-4-6-8-17/h4-15H,16H2,1-3H3,(H,27,28). The SMILES string of the molecule is CC(C)(C)c1ccc(SCC(=O)Nc2ccc(Cl)cc2C(=O)c2ccccc2)cc1. The molecule has 3 rings (SSSR count). The number of hydrogen-bond acceptors (Lipinski definition) is 3. The van der Waals surface area contributed by atoms with Crippen LogP contribution in [0.5, 0.6) is 0 Å². The van der Waals surface area contributed by atoms with E-state index >= 15 is 0 Å². The molecule has 0 bridgehead atoms. The Hall–Kier alpha value is -2.56. The molecule has 0 aliphatic carbocycles. The van der Waals surface area contributed by atoms with Crippen molar-refractivity contribution < 1.29 is 9.59 Å². The van der Waals surface area contributed by atoms with Crippen LogP contribution in [-0.4, -0.2) is 17.4 Å². The monoisotopic (exact) mass is 437 g/mol. The van der Waals surface area contributed by atoms with Crippen molar-refractivity contribution in [1.82, 2.24) is 0 Å². The van der Waals surface area contributed by atoms with Gasteiger partial charge in [0.05, 0.1) is 11.4 Å². The minimum absolute atomic E-state index is 0.0941. The molecule has 154 valence electrons. The Morgan fingerprint density at radius 2 is 1.60 bits per heavy atom. The Bertz CT molecular complexity index is 1040. The summed E-state index contributed by atoms with van der Waals surface area (Å²) in [6, 6.07) is 22.1. The van der Waals surface area contributed by atoms with Crippen LogP contribution in [0, 0.1) is 0 Å². The molecule has 30 heavy (non-hydrogen) atoms. The van der Waals surface area contributed by atoms with Crippen LogP contribution in [0.3, 0.4) is 0 Å². The average molecular weight is 438 g/mol. The molecule has 0 aliphatic rings. The largest absolute Gasteiger partial charge is 0.325 e. The third kappa shape index (κ3) is 5.74. The summed E-state index contributed by atoms with van der Waals surface area (Å²) in [4.78, 5) is 26.4. The van der Waals surface area contributed by atoms with Gasteiger partial charge >= 0.3 is 0 Å². The normalized spacial score (nSPS) is 11.2. The Kier molecular flexibility index (Phi) is 7.01. The minimum Gasteiger partial charge on any atom is -0.325 e. The van der Waals surface area contributed by atoms with E-state index in [4.69, 9.17) is 11.6 Å². The van der Waals surface area contributed by atoms with Crippen molar-refractivity contribution in [2.24, 2.45) is 0 Å². The summed E-state index contributed by atoms with van der Waals surface area (Å²) in [7, 11) is 0. The van der Waals surface area contributed by atoms with Gasteiger partial charge in [-0.3, -0.25) is 9.59 Å². The van der Waals surface area contributed by atoms with Crippen molar-refractivity contribution >= 4 is 40.7 Å². The number of rotatable bonds is 6. The van der Waals surface area contributed by atoms with E-state index < -0.39 is 0 Å². The molecule has 0 fully saturated rings. The second-order valence-electron chi connectivity index (χ2n) is 8.00. The van der Waals surface area contributed by atoms with Gasteiger partial charge in [-0.25, -0.2) is 0 Å². The van der Waals surface area contributed by atoms with E-state index in [2.05, 4.69) is 38.2 Å². The van der Waals surface area contributed by atoms with Gasteiger partial charge in [0.2, 0.25) is 5.91 Å². The van der Waals surface area contributed by atoms with Crippen LogP contribution < -0.4 is 5.32 Å². The molecular formula is C25H24ClNO2S. The van der Waals surface area contributed by atoms with Gasteiger partial charge in [-0.05, 0) is 41.3 Å². The molecule has 0 spiro atoms. The van der Waals surface area contributed by atoms with E-state index in [9.17, 15) is 9.59 Å². The third-order valence-electron chi connectivity index (χ3n) is 4.63. The highest BCUT2D eigenvalue weighted by Crippen LogP contribution is 2.27. The minimum atomic E-state index is -0.182. The molecule has 0 unspecified atom stereocenters. The number of ketones is 1. The predicted molar refractivity (Wildman–Crippen MR) is 126 cm³/mol. The van der Waals surface area contributed by atoms with E-state index in [1.54, 1.807) is 42.5 Å². The van der Waals surface area contributed by atoms with Crippen molar-refractivity contribution in [3.8, 4) is 0 Å². The zero-order chi connectivity index (χ0) is 21.7. The summed E-state index contributed by atoms with van der Waals surface area (Å²) in [5.41, 5.74) is 2.73. The van der Waals surface area contributed by atoms with Gasteiger partial charge in [0, 0.05) is 21.0 Å². The smallest absolute Gasteiger partial charge is 0.234 e. The molecule has 0 saturated heterocycles. The van der Waals surface area contributed by atoms with Crippen LogP contribution in [0.25, 0.3) is 0 Å². The van der Waals surface area contributed by atoms with E-state index in [0.717, 1.165) is 4.90 Å². The molecule has 0 saturated carbocycles. The fourth-order valence-corrected chi connectivity index (χ4v) is 3.82. The number of halogens is 1. The van der Waals surface area contributed by atoms with Crippen LogP contribution >= 0.6 is 23.4 Å². The number of carbonyl (C=O) groups is 2. The lowest BCUT2D eigenvalue weighted by molar-refractivity contribution is -0.113. The molecular weight excluding hydrogens is 414 g/mol. The molecule has 0 atom stereocenters. The number of benzene rings is 3. The Balaban J connectivity index is 1.69. The summed E-state index contributed by atoms with van der Waals surface area (Å²) in [5.74, 6) is -0.112. The second-order valence-corrected chi connectivity index (χ2v) is 9.48. The first kappa shape index (κ1) is 22.1. The van der Waals surface area contributed by atoms with E-state index in [1.165, 1.54) is 17.3 Å². The molecule has 1 amide bonds. The van der Waals surface area contributed by atoms with Crippen molar-refractivity contribution in [2.75, 3.05) is 11.1 Å². The van der Waals surface area contributed by atoms with Crippen LogP contribution in [0.4, 0.5) is 5.69 Å². The molecule has 0 aliphatic heterocycles. The van der Waals surface area contributed by atoms with Crippen LogP contribution in [0.15, 0.2) is 77.7 Å². The highest BCUT2D eigenvalue weighted by molar-refractivity contribution is 8.00. The summed E-state index contributed by atoms with van der Waals surface area (Å²) < 4.78 is 0. The number of thioether (sulfide) groups is 1. The quantitative estimate of drug-likeness (QED) is 0.349. The highest BCUT2D eigenvalue weighted by atomic mass is 35.5. The van der Waals surface area contributed by atoms with Gasteiger partial charge in [-0.1, -0.05) is 74.8 Å². The molecule has 0 aromatic heterocycles. The first-order valence-corrected chi connectivity index (χ1v) is 11.0. The van der Waals surface area contributed by atoms with Crippen molar-refractivity contribution in [2.45, 2.75) is 31.1 Å². The maximum absolute atomic E-state index is 12.9. The Labute approximate surface area is 186 Å². The second kappa shape index (κ2) is 9.50. The van der Waals surface area contributed by atoms with Gasteiger partial charge in [-0.15, -0.1) is 11.8 Å². The Morgan fingerprint density at radius 3 is 2.23 bits per heavy atom. The van der Waals surface area contributed by atoms with Gasteiger partial charge in [0.25, 0.3) is 0 Å². The third-order valence-corrected chi connectivity index (χ3v) is 5.87. The molecule has 5 heteroatoms. The summed E-state index contributed by atoms with van der Waals surface area (Å²) >= 11 is 7.56. The van der Waals surface area contributed by atoms with Crippen molar-refractivity contribution in [1.29, 1.82) is 0 Å². The predicted octanol–water partition coefficient (Wildman–Crippen LogP) is 6.60. The van der Waals surface area contributed by atoms with E-state index in [1.807, 2.05) is 18.2 Å². The fraction of sp³-hybridized carbons (Fsp3) is 0.200. The average Bonchev–Trinajstić information content (AvgIpc) is 2.73. The van der Waals surface area contributed by atoms with Gasteiger partial charge in [0.15, 0.2) is 5.78 Å². The molecule has 0 heterocycles. The lowest BCUT2D eigenvalue weighted by Crippen LogP contribution is -2.17. The Morgan fingerprint density at radius 1 is 0.933 bits per heavy atom. The lowest BCUT2D eigenvalue weighted by atomic mass is 9.87. The molecule has 3 aromatic carbocycles. The van der Waals surface area contributed by atoms with E-state index in [0.29, 0.717) is 21.8 Å². The summed E-state index contributed by atoms with van der Waals surface area (Å²) in [5, 5.41) is 3.30. The molecule has 1 N–H and O–H groups in total. The van der Waals surface area contributed by atoms with Crippen molar-refractivity contribution in [3.63, 3.8) is 0 Å². The first-order valence-electron chi connectivity index (χ1n) is 9.66. The summed E-state index contributed by atoms with van der Waals surface area (Å²) in [6.07, 6.45) is 0. The lowest BCUT2D eigenvalue weighted by Gasteiger charge is -2.19. The number of hydrogen-bond donors (Lipinski definition) is 1. The van der Waals surface area contributed by atoms with Gasteiger partial charge < -0.3 is 5.32 Å².